The fraction of sp³-hybridized carbons (Fsp3) is 0.286. The molecule has 0 aliphatic carbocycles. The molecular formula is C28H35N5O3. The molecule has 0 saturated carbocycles. The maximum Gasteiger partial charge on any atom is 0.237 e. The Kier molecular flexibility index (Phi) is 10.6. The molecule has 0 radical (unpaired) electrons. The fourth-order valence-corrected chi connectivity index (χ4v) is 3.64. The van der Waals surface area contributed by atoms with Crippen LogP contribution >= 0.6 is 0 Å². The molecule has 4 N–H and O–H groups in total. The van der Waals surface area contributed by atoms with E-state index in [1.807, 2.05) is 60.7 Å². The average Bonchev–Trinajstić information content (AvgIpc) is 2.94. The van der Waals surface area contributed by atoms with E-state index in [1.54, 1.807) is 33.7 Å². The summed E-state index contributed by atoms with van der Waals surface area (Å²) in [6.07, 6.45) is 5.85. The number of nitrogens with one attached hydrogen (secondary N) is 2. The first-order valence-corrected chi connectivity index (χ1v) is 11.8. The van der Waals surface area contributed by atoms with Crippen LogP contribution in [0, 0.1) is 0 Å². The van der Waals surface area contributed by atoms with E-state index in [4.69, 9.17) is 19.9 Å². The average molecular weight is 490 g/mol. The van der Waals surface area contributed by atoms with Crippen LogP contribution in [0.4, 0.5) is 5.69 Å². The lowest BCUT2D eigenvalue weighted by Gasteiger charge is -2.27. The summed E-state index contributed by atoms with van der Waals surface area (Å²) in [5, 5.41) is 6.84. The number of nitrogens with two attached hydrogens (primary N) is 1. The van der Waals surface area contributed by atoms with Gasteiger partial charge in [0, 0.05) is 43.3 Å². The predicted octanol–water partition coefficient (Wildman–Crippen LogP) is 3.79. The number of anilines is 1. The maximum atomic E-state index is 6.02. The number of methoxy groups -OCH3 is 2. The molecule has 0 spiro atoms. The molecule has 36 heavy (non-hydrogen) atoms. The molecule has 0 saturated heterocycles. The van der Waals surface area contributed by atoms with Crippen molar-refractivity contribution in [1.82, 2.24) is 10.3 Å². The molecule has 1 aliphatic rings. The third-order valence-corrected chi connectivity index (χ3v) is 5.51. The van der Waals surface area contributed by atoms with Gasteiger partial charge in [0.05, 0.1) is 26.5 Å². The second-order valence-corrected chi connectivity index (χ2v) is 8.00. The normalized spacial score (nSPS) is 14.6. The van der Waals surface area contributed by atoms with Crippen LogP contribution in [0.15, 0.2) is 78.1 Å². The minimum atomic E-state index is 0.00276. The smallest absolute Gasteiger partial charge is 0.237 e. The standard InChI is InChI=1S/C22H29N5O3.C6H6/c1-24-11-17(10-23)16-9-19-22(27-12-16)30-18(14-26-19)13-25-7-6-15-4-5-20(28-2)21(8-15)29-3;1-2-4-6-5-3-1/h4-5,8-12,18,25-26H,6-7,13-14,23H2,1-3H3;1-6H/b17-10+,24-11?;. The van der Waals surface area contributed by atoms with Gasteiger partial charge in [-0.25, -0.2) is 4.98 Å². The lowest BCUT2D eigenvalue weighted by molar-refractivity contribution is 0.194. The van der Waals surface area contributed by atoms with Crippen molar-refractivity contribution in [1.29, 1.82) is 0 Å². The third-order valence-electron chi connectivity index (χ3n) is 5.51. The number of fused-ring (bicyclic) bond motifs is 1. The Morgan fingerprint density at radius 2 is 1.86 bits per heavy atom. The Balaban J connectivity index is 0.000000526. The molecule has 0 fully saturated rings. The van der Waals surface area contributed by atoms with Crippen LogP contribution in [0.25, 0.3) is 5.57 Å². The van der Waals surface area contributed by atoms with Crippen molar-refractivity contribution in [2.24, 2.45) is 10.7 Å². The Morgan fingerprint density at radius 3 is 2.50 bits per heavy atom. The minimum absolute atomic E-state index is 0.00276. The number of hydrogen-bond acceptors (Lipinski definition) is 8. The summed E-state index contributed by atoms with van der Waals surface area (Å²) in [6.45, 7) is 2.25. The van der Waals surface area contributed by atoms with Gasteiger partial charge < -0.3 is 30.6 Å². The van der Waals surface area contributed by atoms with E-state index in [2.05, 4.69) is 20.6 Å². The van der Waals surface area contributed by atoms with Gasteiger partial charge in [-0.1, -0.05) is 42.5 Å². The summed E-state index contributed by atoms with van der Waals surface area (Å²) in [7, 11) is 4.99. The van der Waals surface area contributed by atoms with Crippen molar-refractivity contribution >= 4 is 17.5 Å². The third kappa shape index (κ3) is 7.74. The molecule has 4 rings (SSSR count). The van der Waals surface area contributed by atoms with Gasteiger partial charge in [-0.15, -0.1) is 0 Å². The van der Waals surface area contributed by atoms with Gasteiger partial charge in [0.2, 0.25) is 5.88 Å². The second kappa shape index (κ2) is 14.4. The van der Waals surface area contributed by atoms with Crippen molar-refractivity contribution in [3.05, 3.63) is 84.2 Å². The maximum absolute atomic E-state index is 6.02. The van der Waals surface area contributed by atoms with Crippen LogP contribution in [-0.2, 0) is 6.42 Å². The first-order valence-electron chi connectivity index (χ1n) is 11.8. The molecule has 1 atom stereocenters. The SMILES string of the molecule is CN=C/C(=C\N)c1cnc2c(c1)NCC(CNCCc1ccc(OC)c(OC)c1)O2.c1ccccc1. The molecule has 1 aliphatic heterocycles. The number of pyridine rings is 1. The van der Waals surface area contributed by atoms with E-state index >= 15 is 0 Å². The first-order chi connectivity index (χ1) is 17.7. The summed E-state index contributed by atoms with van der Waals surface area (Å²) in [4.78, 5) is 8.45. The summed E-state index contributed by atoms with van der Waals surface area (Å²) in [5.41, 5.74) is 9.42. The highest BCUT2D eigenvalue weighted by Gasteiger charge is 2.20. The van der Waals surface area contributed by atoms with Gasteiger partial charge in [-0.05, 0) is 36.7 Å². The van der Waals surface area contributed by atoms with Crippen molar-refractivity contribution in [2.45, 2.75) is 12.5 Å². The fourth-order valence-electron chi connectivity index (χ4n) is 3.64. The van der Waals surface area contributed by atoms with Gasteiger partial charge in [0.15, 0.2) is 11.5 Å². The van der Waals surface area contributed by atoms with Crippen LogP contribution in [0.2, 0.25) is 0 Å². The zero-order valence-corrected chi connectivity index (χ0v) is 21.1. The highest BCUT2D eigenvalue weighted by atomic mass is 16.5. The summed E-state index contributed by atoms with van der Waals surface area (Å²) in [6, 6.07) is 20.0. The lowest BCUT2D eigenvalue weighted by Crippen LogP contribution is -2.40. The molecule has 8 nitrogen and oxygen atoms in total. The number of hydrogen-bond donors (Lipinski definition) is 3. The first kappa shape index (κ1) is 26.6. The number of rotatable bonds is 9. The number of allylic oxidation sites excluding steroid dienone is 1. The quantitative estimate of drug-likeness (QED) is 0.310. The van der Waals surface area contributed by atoms with E-state index in [0.29, 0.717) is 12.4 Å². The van der Waals surface area contributed by atoms with E-state index in [-0.39, 0.29) is 6.10 Å². The summed E-state index contributed by atoms with van der Waals surface area (Å²) in [5.74, 6) is 2.08. The molecule has 2 heterocycles. The highest BCUT2D eigenvalue weighted by molar-refractivity contribution is 6.09. The minimum Gasteiger partial charge on any atom is -0.493 e. The van der Waals surface area contributed by atoms with Crippen molar-refractivity contribution in [3.63, 3.8) is 0 Å². The van der Waals surface area contributed by atoms with Gasteiger partial charge in [-0.3, -0.25) is 4.99 Å². The highest BCUT2D eigenvalue weighted by Crippen LogP contribution is 2.29. The Morgan fingerprint density at radius 1 is 1.14 bits per heavy atom. The molecular weight excluding hydrogens is 454 g/mol. The number of aromatic nitrogens is 1. The molecule has 1 aromatic heterocycles. The molecule has 0 bridgehead atoms. The predicted molar refractivity (Wildman–Crippen MR) is 146 cm³/mol. The molecule has 2 aromatic carbocycles. The Bertz CT molecular complexity index is 1110. The molecule has 3 aromatic rings. The van der Waals surface area contributed by atoms with E-state index in [0.717, 1.165) is 47.8 Å². The van der Waals surface area contributed by atoms with Crippen molar-refractivity contribution in [2.75, 3.05) is 46.2 Å². The summed E-state index contributed by atoms with van der Waals surface area (Å²) >= 11 is 0. The lowest BCUT2D eigenvalue weighted by atomic mass is 10.1. The molecule has 0 amide bonds. The topological polar surface area (TPSA) is 103 Å². The van der Waals surface area contributed by atoms with E-state index in [1.165, 1.54) is 11.8 Å². The number of benzene rings is 2. The van der Waals surface area contributed by atoms with Crippen LogP contribution in [0.3, 0.4) is 0 Å². The van der Waals surface area contributed by atoms with Crippen LogP contribution in [0.5, 0.6) is 17.4 Å². The van der Waals surface area contributed by atoms with Gasteiger partial charge >= 0.3 is 0 Å². The monoisotopic (exact) mass is 489 g/mol. The largest absolute Gasteiger partial charge is 0.493 e. The van der Waals surface area contributed by atoms with E-state index in [9.17, 15) is 0 Å². The Labute approximate surface area is 213 Å². The van der Waals surface area contributed by atoms with Gasteiger partial charge in [-0.2, -0.15) is 0 Å². The Hall–Kier alpha value is -4.04. The van der Waals surface area contributed by atoms with E-state index < -0.39 is 0 Å². The molecule has 1 unspecified atom stereocenters. The van der Waals surface area contributed by atoms with Crippen LogP contribution in [0.1, 0.15) is 11.1 Å². The van der Waals surface area contributed by atoms with Gasteiger partial charge in [0.1, 0.15) is 6.10 Å². The zero-order valence-electron chi connectivity index (χ0n) is 21.1. The number of nitrogens with zero attached hydrogens (tertiary/aromatic N) is 2. The van der Waals surface area contributed by atoms with Crippen LogP contribution < -0.4 is 30.6 Å². The van der Waals surface area contributed by atoms with Gasteiger partial charge in [0.25, 0.3) is 0 Å². The molecule has 190 valence electrons. The van der Waals surface area contributed by atoms with Crippen molar-refractivity contribution < 1.29 is 14.2 Å². The number of aliphatic imine (C=N–C) groups is 1. The van der Waals surface area contributed by atoms with Crippen LogP contribution in [-0.4, -0.2) is 58.2 Å². The summed E-state index contributed by atoms with van der Waals surface area (Å²) < 4.78 is 16.7. The second-order valence-electron chi connectivity index (χ2n) is 8.00. The zero-order chi connectivity index (χ0) is 25.6. The molecule has 8 heteroatoms. The van der Waals surface area contributed by atoms with Crippen molar-refractivity contribution in [3.8, 4) is 17.4 Å². The number of ether oxygens (including phenoxy) is 3.